The van der Waals surface area contributed by atoms with Crippen LogP contribution in [0.5, 0.6) is 0 Å². The van der Waals surface area contributed by atoms with Crippen LogP contribution in [0.2, 0.25) is 0 Å². The van der Waals surface area contributed by atoms with Gasteiger partial charge >= 0.3 is 0 Å². The van der Waals surface area contributed by atoms with Crippen molar-refractivity contribution in [1.82, 2.24) is 15.1 Å². The summed E-state index contributed by atoms with van der Waals surface area (Å²) in [6, 6.07) is 5.40. The van der Waals surface area contributed by atoms with Crippen LogP contribution in [-0.4, -0.2) is 34.6 Å². The van der Waals surface area contributed by atoms with Crippen molar-refractivity contribution in [2.24, 2.45) is 5.92 Å². The number of nitrogens with zero attached hydrogens (tertiary/aromatic N) is 2. The minimum atomic E-state index is -0.0328. The van der Waals surface area contributed by atoms with E-state index < -0.39 is 0 Å². The highest BCUT2D eigenvalue weighted by Crippen LogP contribution is 2.24. The number of amides is 1. The zero-order valence-corrected chi connectivity index (χ0v) is 12.3. The predicted octanol–water partition coefficient (Wildman–Crippen LogP) is 3.32. The van der Waals surface area contributed by atoms with Gasteiger partial charge in [-0.05, 0) is 30.9 Å². The SMILES string of the molecule is CN(CC1CCCCC1)C(=O)c1cc(-c2ccco2)[nH]n1. The molecule has 1 aliphatic carbocycles. The molecule has 112 valence electrons. The van der Waals surface area contributed by atoms with Crippen molar-refractivity contribution < 1.29 is 9.21 Å². The standard InChI is InChI=1S/C16H21N3O2/c1-19(11-12-6-3-2-4-7-12)16(20)14-10-13(17-18-14)15-8-5-9-21-15/h5,8-10,12H,2-4,6-7,11H2,1H3,(H,17,18). The Bertz CT molecular complexity index is 582. The zero-order valence-electron chi connectivity index (χ0n) is 12.3. The van der Waals surface area contributed by atoms with Crippen LogP contribution in [0.3, 0.4) is 0 Å². The first-order valence-corrected chi connectivity index (χ1v) is 7.59. The summed E-state index contributed by atoms with van der Waals surface area (Å²) < 4.78 is 5.30. The Balaban J connectivity index is 1.64. The van der Waals surface area contributed by atoms with Gasteiger partial charge in [-0.25, -0.2) is 0 Å². The monoisotopic (exact) mass is 287 g/mol. The lowest BCUT2D eigenvalue weighted by molar-refractivity contribution is 0.0754. The van der Waals surface area contributed by atoms with Crippen molar-refractivity contribution in [2.45, 2.75) is 32.1 Å². The Morgan fingerprint density at radius 2 is 2.24 bits per heavy atom. The van der Waals surface area contributed by atoms with Crippen LogP contribution in [0.1, 0.15) is 42.6 Å². The summed E-state index contributed by atoms with van der Waals surface area (Å²) in [6.07, 6.45) is 7.98. The second-order valence-corrected chi connectivity index (χ2v) is 5.83. The molecule has 1 aliphatic rings. The zero-order chi connectivity index (χ0) is 14.7. The molecular formula is C16H21N3O2. The van der Waals surface area contributed by atoms with Gasteiger partial charge < -0.3 is 9.32 Å². The summed E-state index contributed by atoms with van der Waals surface area (Å²) in [5.41, 5.74) is 1.18. The van der Waals surface area contributed by atoms with Crippen LogP contribution in [0.4, 0.5) is 0 Å². The normalized spacial score (nSPS) is 16.0. The van der Waals surface area contributed by atoms with Gasteiger partial charge in [0, 0.05) is 19.7 Å². The lowest BCUT2D eigenvalue weighted by Gasteiger charge is -2.26. The number of furan rings is 1. The van der Waals surface area contributed by atoms with Crippen LogP contribution < -0.4 is 0 Å². The number of hydrogen-bond donors (Lipinski definition) is 1. The molecule has 0 unspecified atom stereocenters. The van der Waals surface area contributed by atoms with E-state index in [0.717, 1.165) is 12.2 Å². The van der Waals surface area contributed by atoms with Gasteiger partial charge in [0.2, 0.25) is 0 Å². The van der Waals surface area contributed by atoms with E-state index in [-0.39, 0.29) is 5.91 Å². The van der Waals surface area contributed by atoms with Crippen molar-refractivity contribution in [3.05, 3.63) is 30.2 Å². The van der Waals surface area contributed by atoms with Gasteiger partial charge in [-0.2, -0.15) is 5.10 Å². The Kier molecular flexibility index (Phi) is 4.08. The smallest absolute Gasteiger partial charge is 0.274 e. The first-order chi connectivity index (χ1) is 10.2. The molecule has 0 radical (unpaired) electrons. The van der Waals surface area contributed by atoms with E-state index >= 15 is 0 Å². The van der Waals surface area contributed by atoms with Crippen LogP contribution in [0, 0.1) is 5.92 Å². The molecule has 2 aromatic rings. The quantitative estimate of drug-likeness (QED) is 0.938. The second kappa shape index (κ2) is 6.16. The van der Waals surface area contributed by atoms with E-state index in [9.17, 15) is 4.79 Å². The molecule has 0 saturated heterocycles. The number of H-pyrrole nitrogens is 1. The summed E-state index contributed by atoms with van der Waals surface area (Å²) in [7, 11) is 1.86. The van der Waals surface area contributed by atoms with Crippen molar-refractivity contribution >= 4 is 5.91 Å². The van der Waals surface area contributed by atoms with Gasteiger partial charge in [-0.1, -0.05) is 19.3 Å². The molecule has 0 atom stereocenters. The number of carbonyl (C=O) groups excluding carboxylic acids is 1. The van der Waals surface area contributed by atoms with E-state index in [0.29, 0.717) is 17.4 Å². The fourth-order valence-electron chi connectivity index (χ4n) is 3.02. The van der Waals surface area contributed by atoms with Crippen LogP contribution in [-0.2, 0) is 0 Å². The fraction of sp³-hybridized carbons (Fsp3) is 0.500. The highest BCUT2D eigenvalue weighted by atomic mass is 16.3. The molecule has 21 heavy (non-hydrogen) atoms. The Morgan fingerprint density at radius 3 is 2.95 bits per heavy atom. The molecule has 1 N–H and O–H groups in total. The number of aromatic nitrogens is 2. The van der Waals surface area contributed by atoms with Gasteiger partial charge in [0.05, 0.1) is 6.26 Å². The third kappa shape index (κ3) is 3.17. The fourth-order valence-corrected chi connectivity index (χ4v) is 3.02. The molecule has 2 heterocycles. The van der Waals surface area contributed by atoms with E-state index in [2.05, 4.69) is 10.2 Å². The summed E-state index contributed by atoms with van der Waals surface area (Å²) in [4.78, 5) is 14.2. The minimum absolute atomic E-state index is 0.0328. The number of carbonyl (C=O) groups is 1. The van der Waals surface area contributed by atoms with Gasteiger partial charge in [-0.15, -0.1) is 0 Å². The average molecular weight is 287 g/mol. The molecule has 5 heteroatoms. The highest BCUT2D eigenvalue weighted by Gasteiger charge is 2.21. The summed E-state index contributed by atoms with van der Waals surface area (Å²) in [5.74, 6) is 1.29. The van der Waals surface area contributed by atoms with E-state index in [1.54, 1.807) is 17.2 Å². The third-order valence-electron chi connectivity index (χ3n) is 4.19. The van der Waals surface area contributed by atoms with Crippen LogP contribution >= 0.6 is 0 Å². The molecule has 1 saturated carbocycles. The lowest BCUT2D eigenvalue weighted by atomic mass is 9.89. The summed E-state index contributed by atoms with van der Waals surface area (Å²) >= 11 is 0. The van der Waals surface area contributed by atoms with Gasteiger partial charge in [-0.3, -0.25) is 9.89 Å². The van der Waals surface area contributed by atoms with Crippen molar-refractivity contribution in [2.75, 3.05) is 13.6 Å². The lowest BCUT2D eigenvalue weighted by Crippen LogP contribution is -2.32. The predicted molar refractivity (Wildman–Crippen MR) is 79.8 cm³/mol. The van der Waals surface area contributed by atoms with E-state index in [1.165, 1.54) is 32.1 Å². The van der Waals surface area contributed by atoms with Crippen LogP contribution in [0.15, 0.2) is 28.9 Å². The summed E-state index contributed by atoms with van der Waals surface area (Å²) in [6.45, 7) is 0.821. The number of rotatable bonds is 4. The number of aromatic amines is 1. The first-order valence-electron chi connectivity index (χ1n) is 7.59. The molecule has 0 spiro atoms. The first kappa shape index (κ1) is 13.9. The maximum Gasteiger partial charge on any atom is 0.274 e. The minimum Gasteiger partial charge on any atom is -0.463 e. The maximum absolute atomic E-state index is 12.4. The molecule has 3 rings (SSSR count). The Hall–Kier alpha value is -2.04. The topological polar surface area (TPSA) is 62.1 Å². The molecule has 0 bridgehead atoms. The molecular weight excluding hydrogens is 266 g/mol. The third-order valence-corrected chi connectivity index (χ3v) is 4.19. The van der Waals surface area contributed by atoms with Crippen molar-refractivity contribution in [3.8, 4) is 11.5 Å². The van der Waals surface area contributed by atoms with Gasteiger partial charge in [0.25, 0.3) is 5.91 Å². The van der Waals surface area contributed by atoms with Crippen molar-refractivity contribution in [1.29, 1.82) is 0 Å². The van der Waals surface area contributed by atoms with Gasteiger partial charge in [0.1, 0.15) is 5.69 Å². The van der Waals surface area contributed by atoms with E-state index in [4.69, 9.17) is 4.42 Å². The highest BCUT2D eigenvalue weighted by molar-refractivity contribution is 5.93. The number of hydrogen-bond acceptors (Lipinski definition) is 3. The van der Waals surface area contributed by atoms with Crippen molar-refractivity contribution in [3.63, 3.8) is 0 Å². The largest absolute Gasteiger partial charge is 0.463 e. The molecule has 1 amide bonds. The molecule has 0 aliphatic heterocycles. The second-order valence-electron chi connectivity index (χ2n) is 5.83. The molecule has 5 nitrogen and oxygen atoms in total. The van der Waals surface area contributed by atoms with E-state index in [1.807, 2.05) is 19.2 Å². The van der Waals surface area contributed by atoms with Gasteiger partial charge in [0.15, 0.2) is 11.5 Å². The molecule has 0 aromatic carbocycles. The Morgan fingerprint density at radius 1 is 1.43 bits per heavy atom. The maximum atomic E-state index is 12.4. The molecule has 2 aromatic heterocycles. The average Bonchev–Trinajstić information content (AvgIpc) is 3.18. The summed E-state index contributed by atoms with van der Waals surface area (Å²) in [5, 5.41) is 6.97. The number of nitrogens with one attached hydrogen (secondary N) is 1. The Labute approximate surface area is 124 Å². The van der Waals surface area contributed by atoms with Crippen LogP contribution in [0.25, 0.3) is 11.5 Å². The molecule has 1 fully saturated rings.